The van der Waals surface area contributed by atoms with Crippen LogP contribution in [0, 0.1) is 6.85 Å². The molecule has 5 aromatic rings. The fraction of sp³-hybridized carbons (Fsp3) is 0.439. The molecule has 3 heteroatoms. The van der Waals surface area contributed by atoms with Gasteiger partial charge >= 0.3 is 0 Å². The zero-order valence-electron chi connectivity index (χ0n) is 34.6. The Kier molecular flexibility index (Phi) is 4.73. The minimum absolute atomic E-state index is 0.106. The molecule has 0 aliphatic heterocycles. The summed E-state index contributed by atoms with van der Waals surface area (Å²) in [6.07, 6.45) is 5.71. The predicted molar refractivity (Wildman–Crippen MR) is 186 cm³/mol. The van der Waals surface area contributed by atoms with E-state index in [9.17, 15) is 0 Å². The molecule has 0 saturated carbocycles. The van der Waals surface area contributed by atoms with Crippen molar-refractivity contribution in [1.29, 1.82) is 0 Å². The second-order valence-corrected chi connectivity index (χ2v) is 15.7. The average Bonchev–Trinajstić information content (AvgIpc) is 3.40. The van der Waals surface area contributed by atoms with Crippen molar-refractivity contribution in [2.75, 3.05) is 7.11 Å². The van der Waals surface area contributed by atoms with Gasteiger partial charge in [-0.05, 0) is 112 Å². The fourth-order valence-electron chi connectivity index (χ4n) is 8.02. The number of aryl methyl sites for hydroxylation is 1. The number of hydrogen-bond acceptors (Lipinski definition) is 2. The Bertz CT molecular complexity index is 2240. The molecular weight excluding hydrogens is 536 g/mol. The number of hydrogen-bond donors (Lipinski definition) is 0. The first-order chi connectivity index (χ1) is 23.5. The summed E-state index contributed by atoms with van der Waals surface area (Å²) >= 11 is 0. The quantitative estimate of drug-likeness (QED) is 0.209. The molecule has 0 fully saturated rings. The van der Waals surface area contributed by atoms with Gasteiger partial charge in [-0.2, -0.15) is 0 Å². The van der Waals surface area contributed by atoms with Crippen molar-refractivity contribution >= 4 is 21.8 Å². The zero-order valence-corrected chi connectivity index (χ0v) is 27.6. The van der Waals surface area contributed by atoms with Crippen molar-refractivity contribution < 1.29 is 14.3 Å². The molecule has 2 aliphatic carbocycles. The van der Waals surface area contributed by atoms with E-state index in [2.05, 4.69) is 61.5 Å². The van der Waals surface area contributed by atoms with E-state index in [0.29, 0.717) is 27.6 Å². The Morgan fingerprint density at radius 1 is 0.750 bits per heavy atom. The summed E-state index contributed by atoms with van der Waals surface area (Å²) in [4.78, 5) is 5.04. The highest BCUT2D eigenvalue weighted by Crippen LogP contribution is 2.57. The topological polar surface area (TPSA) is 27.1 Å². The molecule has 7 rings (SSSR count). The van der Waals surface area contributed by atoms with Gasteiger partial charge in [0.1, 0.15) is 11.6 Å². The molecule has 0 saturated heterocycles. The van der Waals surface area contributed by atoms with Crippen LogP contribution >= 0.6 is 0 Å². The summed E-state index contributed by atoms with van der Waals surface area (Å²) in [5, 5.41) is 0.942. The standard InChI is InChI=1S/C41H48N2O/c1-25-21-34(43-32-14-12-11-13-27(32)28-16-15-26(44-10)22-33(28)43)42-24-29(25)35-36-30(38(2,3)17-19-40(36,6)7)23-31-37(35)41(8,9)20-18-39(31,4)5/h11-16,21-24H,17-20H2,1-10H3/i1D3,11D,12D,13D,14D. The number of ether oxygens (including phenoxy) is 1. The molecule has 0 radical (unpaired) electrons. The van der Waals surface area contributed by atoms with Gasteiger partial charge in [0.25, 0.3) is 0 Å². The van der Waals surface area contributed by atoms with Crippen molar-refractivity contribution in [3.05, 3.63) is 88.5 Å². The van der Waals surface area contributed by atoms with Gasteiger partial charge in [-0.25, -0.2) is 4.98 Å². The monoisotopic (exact) mass is 591 g/mol. The summed E-state index contributed by atoms with van der Waals surface area (Å²) in [5.41, 5.74) is 6.88. The summed E-state index contributed by atoms with van der Waals surface area (Å²) < 4.78 is 69.0. The van der Waals surface area contributed by atoms with Crippen LogP contribution in [0.1, 0.15) is 118 Å². The van der Waals surface area contributed by atoms with E-state index in [1.807, 2.05) is 0 Å². The molecule has 3 nitrogen and oxygen atoms in total. The van der Waals surface area contributed by atoms with Crippen LogP contribution in [0.2, 0.25) is 0 Å². The van der Waals surface area contributed by atoms with Gasteiger partial charge in [-0.15, -0.1) is 0 Å². The van der Waals surface area contributed by atoms with Crippen LogP contribution < -0.4 is 4.74 Å². The molecule has 0 bridgehead atoms. The molecule has 2 aromatic heterocycles. The molecule has 228 valence electrons. The highest BCUT2D eigenvalue weighted by atomic mass is 16.5. The van der Waals surface area contributed by atoms with Crippen LogP contribution in [0.4, 0.5) is 0 Å². The second kappa shape index (κ2) is 9.46. The molecule has 3 aromatic carbocycles. The lowest BCUT2D eigenvalue weighted by atomic mass is 9.55. The third kappa shape index (κ3) is 4.18. The third-order valence-corrected chi connectivity index (χ3v) is 10.9. The van der Waals surface area contributed by atoms with Crippen LogP contribution in [0.3, 0.4) is 0 Å². The molecule has 44 heavy (non-hydrogen) atoms. The predicted octanol–water partition coefficient (Wildman–Crippen LogP) is 10.9. The van der Waals surface area contributed by atoms with Gasteiger partial charge < -0.3 is 4.74 Å². The van der Waals surface area contributed by atoms with Gasteiger partial charge in [0.15, 0.2) is 0 Å². The first-order valence-electron chi connectivity index (χ1n) is 19.4. The van der Waals surface area contributed by atoms with Crippen LogP contribution in [-0.2, 0) is 21.7 Å². The number of rotatable bonds is 3. The van der Waals surface area contributed by atoms with Gasteiger partial charge in [0.2, 0.25) is 0 Å². The average molecular weight is 592 g/mol. The molecule has 2 aliphatic rings. The largest absolute Gasteiger partial charge is 0.497 e. The van der Waals surface area contributed by atoms with Gasteiger partial charge in [-0.3, -0.25) is 4.57 Å². The lowest BCUT2D eigenvalue weighted by molar-refractivity contribution is 0.314. The number of aromatic nitrogens is 2. The Labute approximate surface area is 273 Å². The summed E-state index contributed by atoms with van der Waals surface area (Å²) in [6, 6.07) is 8.30. The molecule has 0 N–H and O–H groups in total. The Morgan fingerprint density at radius 2 is 1.36 bits per heavy atom. The van der Waals surface area contributed by atoms with Crippen molar-refractivity contribution in [2.45, 2.75) is 110 Å². The number of para-hydroxylation sites is 1. The highest BCUT2D eigenvalue weighted by Gasteiger charge is 2.46. The minimum Gasteiger partial charge on any atom is -0.497 e. The van der Waals surface area contributed by atoms with Gasteiger partial charge in [-0.1, -0.05) is 79.6 Å². The van der Waals surface area contributed by atoms with Crippen molar-refractivity contribution in [3.63, 3.8) is 0 Å². The number of pyridine rings is 1. The van der Waals surface area contributed by atoms with Gasteiger partial charge in [0.05, 0.1) is 23.6 Å². The lowest BCUT2D eigenvalue weighted by Crippen LogP contribution is -2.40. The van der Waals surface area contributed by atoms with E-state index in [-0.39, 0.29) is 62.7 Å². The third-order valence-electron chi connectivity index (χ3n) is 10.9. The smallest absolute Gasteiger partial charge is 0.137 e. The van der Waals surface area contributed by atoms with Crippen molar-refractivity contribution in [1.82, 2.24) is 9.55 Å². The number of fused-ring (bicyclic) bond motifs is 5. The number of methoxy groups -OCH3 is 1. The van der Waals surface area contributed by atoms with E-state index < -0.39 is 6.85 Å². The minimum atomic E-state index is -2.53. The van der Waals surface area contributed by atoms with E-state index in [1.54, 1.807) is 42.1 Å². The molecule has 0 atom stereocenters. The Morgan fingerprint density at radius 3 is 1.98 bits per heavy atom. The SMILES string of the molecule is [2H]c1c([2H])c([2H])c2c(c1[2H])c1ccc(OC)cc1n2-c1cc(C([2H])([2H])[2H])c(-c2c3c(cc4c2C(C)(C)CCC4(C)C)C(C)(C)CCC3(C)C)cn1. The first kappa shape index (κ1) is 22.0. The maximum absolute atomic E-state index is 9.00. The van der Waals surface area contributed by atoms with E-state index in [1.165, 1.54) is 22.3 Å². The van der Waals surface area contributed by atoms with Crippen LogP contribution in [0.25, 0.3) is 38.8 Å². The molecule has 2 heterocycles. The molecule has 0 unspecified atom stereocenters. The molecule has 0 spiro atoms. The second-order valence-electron chi connectivity index (χ2n) is 15.7. The number of benzene rings is 3. The summed E-state index contributed by atoms with van der Waals surface area (Å²) in [5.74, 6) is 0.799. The Hall–Kier alpha value is -3.59. The first-order valence-corrected chi connectivity index (χ1v) is 15.9. The van der Waals surface area contributed by atoms with Crippen molar-refractivity contribution in [2.24, 2.45) is 0 Å². The van der Waals surface area contributed by atoms with E-state index in [4.69, 9.17) is 19.3 Å². The zero-order chi connectivity index (χ0) is 37.4. The van der Waals surface area contributed by atoms with E-state index >= 15 is 0 Å². The highest BCUT2D eigenvalue weighted by molar-refractivity contribution is 6.09. The summed E-state index contributed by atoms with van der Waals surface area (Å²) in [6.45, 7) is 15.8. The van der Waals surface area contributed by atoms with Crippen molar-refractivity contribution in [3.8, 4) is 22.7 Å². The normalized spacial score (nSPS) is 22.1. The van der Waals surface area contributed by atoms with E-state index in [0.717, 1.165) is 31.2 Å². The maximum Gasteiger partial charge on any atom is 0.137 e. The molecule has 0 amide bonds. The molecular formula is C41H48N2O. The maximum atomic E-state index is 9.00. The fourth-order valence-corrected chi connectivity index (χ4v) is 8.02. The number of nitrogens with zero attached hydrogens (tertiary/aromatic N) is 2. The van der Waals surface area contributed by atoms with Crippen LogP contribution in [-0.4, -0.2) is 16.7 Å². The summed E-state index contributed by atoms with van der Waals surface area (Å²) in [7, 11) is 1.55. The van der Waals surface area contributed by atoms with Gasteiger partial charge in [0, 0.05) is 32.7 Å². The Balaban J connectivity index is 1.65. The lowest BCUT2D eigenvalue weighted by Gasteiger charge is -2.49. The van der Waals surface area contributed by atoms with Crippen LogP contribution in [0.5, 0.6) is 5.75 Å². The van der Waals surface area contributed by atoms with Crippen LogP contribution in [0.15, 0.2) is 60.7 Å².